The molecule has 0 fully saturated rings. The fourth-order valence-electron chi connectivity index (χ4n) is 2.46. The van der Waals surface area contributed by atoms with Crippen LogP contribution in [0.5, 0.6) is 5.75 Å². The Morgan fingerprint density at radius 2 is 1.85 bits per heavy atom. The molecule has 2 rings (SSSR count). The van der Waals surface area contributed by atoms with E-state index in [-0.39, 0.29) is 12.5 Å². The van der Waals surface area contributed by atoms with Crippen LogP contribution in [-0.2, 0) is 24.1 Å². The zero-order valence-electron chi connectivity index (χ0n) is 15.1. The second-order valence-electron chi connectivity index (χ2n) is 6.24. The molecule has 2 aromatic carbocycles. The van der Waals surface area contributed by atoms with E-state index in [2.05, 4.69) is 5.32 Å². The van der Waals surface area contributed by atoms with Crippen LogP contribution >= 0.6 is 0 Å². The number of alkyl halides is 3. The summed E-state index contributed by atoms with van der Waals surface area (Å²) in [6, 6.07) is 11.5. The van der Waals surface area contributed by atoms with E-state index in [0.717, 1.165) is 24.1 Å². The van der Waals surface area contributed by atoms with E-state index < -0.39 is 17.8 Å². The highest BCUT2D eigenvalue weighted by Crippen LogP contribution is 2.29. The number of hydrogen-bond acceptors (Lipinski definition) is 3. The first kappa shape index (κ1) is 20.8. The first-order valence-corrected chi connectivity index (χ1v) is 8.70. The SMILES string of the molecule is CCCC(N)C(=O)NCc1cccc(OCc2ccc(C(F)(F)F)cc2)c1. The van der Waals surface area contributed by atoms with Gasteiger partial charge in [0.1, 0.15) is 12.4 Å². The molecule has 27 heavy (non-hydrogen) atoms. The van der Waals surface area contributed by atoms with Crippen LogP contribution in [0.15, 0.2) is 48.5 Å². The molecule has 0 aliphatic heterocycles. The predicted octanol–water partition coefficient (Wildman–Crippen LogP) is 4.03. The van der Waals surface area contributed by atoms with Gasteiger partial charge in [0.05, 0.1) is 11.6 Å². The van der Waals surface area contributed by atoms with Gasteiger partial charge < -0.3 is 15.8 Å². The second kappa shape index (κ2) is 9.41. The third-order valence-electron chi connectivity index (χ3n) is 3.99. The molecule has 1 amide bonds. The molecular weight excluding hydrogens is 357 g/mol. The van der Waals surface area contributed by atoms with Crippen molar-refractivity contribution < 1.29 is 22.7 Å². The Balaban J connectivity index is 1.89. The molecule has 0 aliphatic carbocycles. The summed E-state index contributed by atoms with van der Waals surface area (Å²) < 4.78 is 43.3. The van der Waals surface area contributed by atoms with Gasteiger partial charge >= 0.3 is 6.18 Å². The highest BCUT2D eigenvalue weighted by Gasteiger charge is 2.29. The lowest BCUT2D eigenvalue weighted by Gasteiger charge is -2.12. The summed E-state index contributed by atoms with van der Waals surface area (Å²) in [7, 11) is 0. The van der Waals surface area contributed by atoms with E-state index in [9.17, 15) is 18.0 Å². The van der Waals surface area contributed by atoms with Crippen molar-refractivity contribution in [1.82, 2.24) is 5.32 Å². The van der Waals surface area contributed by atoms with Crippen LogP contribution in [0.1, 0.15) is 36.5 Å². The minimum Gasteiger partial charge on any atom is -0.489 e. The van der Waals surface area contributed by atoms with Gasteiger partial charge in [-0.1, -0.05) is 37.6 Å². The van der Waals surface area contributed by atoms with Crippen LogP contribution in [0.3, 0.4) is 0 Å². The Morgan fingerprint density at radius 3 is 2.48 bits per heavy atom. The van der Waals surface area contributed by atoms with Crippen molar-refractivity contribution in [2.45, 2.75) is 45.1 Å². The van der Waals surface area contributed by atoms with Crippen LogP contribution in [0.25, 0.3) is 0 Å². The van der Waals surface area contributed by atoms with E-state index in [1.165, 1.54) is 12.1 Å². The topological polar surface area (TPSA) is 64.4 Å². The van der Waals surface area contributed by atoms with Crippen molar-refractivity contribution in [3.63, 3.8) is 0 Å². The van der Waals surface area contributed by atoms with E-state index in [1.54, 1.807) is 18.2 Å². The van der Waals surface area contributed by atoms with Gasteiger partial charge in [-0.05, 0) is 41.8 Å². The third-order valence-corrected chi connectivity index (χ3v) is 3.99. The Bertz CT molecular complexity index is 746. The molecule has 4 nitrogen and oxygen atoms in total. The molecular formula is C20H23F3N2O2. The van der Waals surface area contributed by atoms with E-state index >= 15 is 0 Å². The molecule has 0 heterocycles. The number of carbonyl (C=O) groups excluding carboxylic acids is 1. The summed E-state index contributed by atoms with van der Waals surface area (Å²) in [6.07, 6.45) is -2.89. The standard InChI is InChI=1S/C20H23F3N2O2/c1-2-4-18(24)19(26)25-12-15-5-3-6-17(11-15)27-13-14-7-9-16(10-8-14)20(21,22)23/h3,5-11,18H,2,4,12-13,24H2,1H3,(H,25,26). The summed E-state index contributed by atoms with van der Waals surface area (Å²) in [5.74, 6) is 0.368. The van der Waals surface area contributed by atoms with Gasteiger partial charge in [-0.15, -0.1) is 0 Å². The van der Waals surface area contributed by atoms with Gasteiger partial charge in [-0.25, -0.2) is 0 Å². The molecule has 0 aromatic heterocycles. The smallest absolute Gasteiger partial charge is 0.416 e. The van der Waals surface area contributed by atoms with Gasteiger partial charge in [-0.3, -0.25) is 4.79 Å². The number of nitrogens with one attached hydrogen (secondary N) is 1. The number of rotatable bonds is 8. The third kappa shape index (κ3) is 6.60. The van der Waals surface area contributed by atoms with Crippen molar-refractivity contribution in [3.8, 4) is 5.75 Å². The number of amides is 1. The Kier molecular flexibility index (Phi) is 7.24. The minimum absolute atomic E-state index is 0.148. The predicted molar refractivity (Wildman–Crippen MR) is 96.9 cm³/mol. The van der Waals surface area contributed by atoms with E-state index in [4.69, 9.17) is 10.5 Å². The first-order chi connectivity index (χ1) is 12.8. The Morgan fingerprint density at radius 1 is 1.15 bits per heavy atom. The van der Waals surface area contributed by atoms with Gasteiger partial charge in [0, 0.05) is 6.54 Å². The lowest BCUT2D eigenvalue weighted by Crippen LogP contribution is -2.40. The summed E-state index contributed by atoms with van der Waals surface area (Å²) in [5, 5.41) is 2.78. The second-order valence-corrected chi connectivity index (χ2v) is 6.24. The number of ether oxygens (including phenoxy) is 1. The molecule has 1 atom stereocenters. The maximum atomic E-state index is 12.6. The zero-order chi connectivity index (χ0) is 19.9. The van der Waals surface area contributed by atoms with Crippen molar-refractivity contribution in [1.29, 1.82) is 0 Å². The van der Waals surface area contributed by atoms with E-state index in [0.29, 0.717) is 24.3 Å². The molecule has 0 aliphatic rings. The number of halogens is 3. The van der Waals surface area contributed by atoms with Crippen LogP contribution in [-0.4, -0.2) is 11.9 Å². The molecule has 7 heteroatoms. The summed E-state index contributed by atoms with van der Waals surface area (Å²) >= 11 is 0. The van der Waals surface area contributed by atoms with Gasteiger partial charge in [0.2, 0.25) is 5.91 Å². The fourth-order valence-corrected chi connectivity index (χ4v) is 2.46. The maximum absolute atomic E-state index is 12.6. The molecule has 3 N–H and O–H groups in total. The molecule has 0 saturated heterocycles. The first-order valence-electron chi connectivity index (χ1n) is 8.70. The molecule has 0 bridgehead atoms. The molecule has 0 saturated carbocycles. The normalized spacial score (nSPS) is 12.5. The highest BCUT2D eigenvalue weighted by molar-refractivity contribution is 5.81. The molecule has 146 valence electrons. The maximum Gasteiger partial charge on any atom is 0.416 e. The minimum atomic E-state index is -4.35. The van der Waals surface area contributed by atoms with Crippen molar-refractivity contribution in [3.05, 3.63) is 65.2 Å². The largest absolute Gasteiger partial charge is 0.489 e. The summed E-state index contributed by atoms with van der Waals surface area (Å²) in [5.41, 5.74) is 6.55. The molecule has 0 spiro atoms. The van der Waals surface area contributed by atoms with Crippen molar-refractivity contribution in [2.24, 2.45) is 5.73 Å². The molecule has 1 unspecified atom stereocenters. The van der Waals surface area contributed by atoms with Crippen LogP contribution in [0, 0.1) is 0 Å². The van der Waals surface area contributed by atoms with E-state index in [1.807, 2.05) is 13.0 Å². The molecule has 0 radical (unpaired) electrons. The van der Waals surface area contributed by atoms with Crippen LogP contribution in [0.2, 0.25) is 0 Å². The Hall–Kier alpha value is -2.54. The van der Waals surface area contributed by atoms with Gasteiger partial charge in [0.25, 0.3) is 0 Å². The monoisotopic (exact) mass is 380 g/mol. The molecule has 2 aromatic rings. The average molecular weight is 380 g/mol. The lowest BCUT2D eigenvalue weighted by atomic mass is 10.1. The quantitative estimate of drug-likeness (QED) is 0.727. The number of hydrogen-bond donors (Lipinski definition) is 2. The van der Waals surface area contributed by atoms with Gasteiger partial charge in [0.15, 0.2) is 0 Å². The summed E-state index contributed by atoms with van der Waals surface area (Å²) in [4.78, 5) is 11.9. The van der Waals surface area contributed by atoms with Crippen LogP contribution in [0.4, 0.5) is 13.2 Å². The zero-order valence-corrected chi connectivity index (χ0v) is 15.1. The van der Waals surface area contributed by atoms with Gasteiger partial charge in [-0.2, -0.15) is 13.2 Å². The average Bonchev–Trinajstić information content (AvgIpc) is 2.64. The lowest BCUT2D eigenvalue weighted by molar-refractivity contribution is -0.137. The highest BCUT2D eigenvalue weighted by atomic mass is 19.4. The van der Waals surface area contributed by atoms with Crippen molar-refractivity contribution in [2.75, 3.05) is 0 Å². The Labute approximate surface area is 156 Å². The number of carbonyl (C=O) groups is 1. The number of benzene rings is 2. The van der Waals surface area contributed by atoms with Crippen LogP contribution < -0.4 is 15.8 Å². The summed E-state index contributed by atoms with van der Waals surface area (Å²) in [6.45, 7) is 2.44. The number of nitrogens with two attached hydrogens (primary N) is 1. The van der Waals surface area contributed by atoms with Crippen molar-refractivity contribution >= 4 is 5.91 Å². The fraction of sp³-hybridized carbons (Fsp3) is 0.350.